The molecule has 0 fully saturated rings. The van der Waals surface area contributed by atoms with Gasteiger partial charge in [0.25, 0.3) is 5.56 Å². The fourth-order valence-electron chi connectivity index (χ4n) is 4.67. The number of amides is 1. The first-order valence-electron chi connectivity index (χ1n) is 11.4. The predicted octanol–water partition coefficient (Wildman–Crippen LogP) is 4.21. The molecule has 2 heterocycles. The molecule has 176 valence electrons. The third-order valence-corrected chi connectivity index (χ3v) is 6.29. The number of rotatable bonds is 4. The molecule has 0 bridgehead atoms. The number of fused-ring (bicyclic) bond motifs is 3. The second kappa shape index (κ2) is 8.43. The molecule has 0 aliphatic rings. The molecule has 1 N–H and O–H groups in total. The lowest BCUT2D eigenvalue weighted by Crippen LogP contribution is -2.41. The molecule has 0 saturated heterocycles. The SMILES string of the molecule is Cc1cccc(NC(=O)Cn2c(=O)n(-c3cccc(C)c3)c(=O)c3c2c2cc(C)ccc2n3C)c1. The smallest absolute Gasteiger partial charge is 0.336 e. The lowest BCUT2D eigenvalue weighted by molar-refractivity contribution is -0.116. The van der Waals surface area contributed by atoms with E-state index in [1.54, 1.807) is 28.8 Å². The first-order valence-corrected chi connectivity index (χ1v) is 11.4. The summed E-state index contributed by atoms with van der Waals surface area (Å²) in [4.78, 5) is 40.7. The number of hydrogen-bond donors (Lipinski definition) is 1. The van der Waals surface area contributed by atoms with Gasteiger partial charge in [-0.25, -0.2) is 9.36 Å². The molecule has 2 aromatic heterocycles. The molecule has 0 spiro atoms. The van der Waals surface area contributed by atoms with E-state index in [1.807, 2.05) is 70.3 Å². The minimum atomic E-state index is -0.554. The summed E-state index contributed by atoms with van der Waals surface area (Å²) in [6.45, 7) is 5.57. The zero-order valence-electron chi connectivity index (χ0n) is 20.1. The highest BCUT2D eigenvalue weighted by Crippen LogP contribution is 2.27. The molecule has 35 heavy (non-hydrogen) atoms. The van der Waals surface area contributed by atoms with Crippen molar-refractivity contribution in [3.05, 3.63) is 104 Å². The minimum absolute atomic E-state index is 0.234. The molecule has 0 aliphatic carbocycles. The van der Waals surface area contributed by atoms with Crippen molar-refractivity contribution in [2.75, 3.05) is 5.32 Å². The maximum Gasteiger partial charge on any atom is 0.336 e. The van der Waals surface area contributed by atoms with Gasteiger partial charge in [-0.05, 0) is 68.3 Å². The van der Waals surface area contributed by atoms with Gasteiger partial charge in [-0.2, -0.15) is 0 Å². The Labute approximate surface area is 201 Å². The molecule has 7 heteroatoms. The molecule has 5 aromatic rings. The first-order chi connectivity index (χ1) is 16.7. The molecule has 3 aromatic carbocycles. The van der Waals surface area contributed by atoms with Crippen LogP contribution in [0.25, 0.3) is 27.6 Å². The van der Waals surface area contributed by atoms with E-state index in [2.05, 4.69) is 5.32 Å². The zero-order chi connectivity index (χ0) is 24.9. The summed E-state index contributed by atoms with van der Waals surface area (Å²) in [5.41, 5.74) is 4.73. The maximum atomic E-state index is 13.8. The van der Waals surface area contributed by atoms with Crippen molar-refractivity contribution in [1.82, 2.24) is 13.7 Å². The summed E-state index contributed by atoms with van der Waals surface area (Å²) in [5.74, 6) is -0.349. The van der Waals surface area contributed by atoms with Gasteiger partial charge in [-0.15, -0.1) is 0 Å². The van der Waals surface area contributed by atoms with Crippen molar-refractivity contribution in [3.63, 3.8) is 0 Å². The maximum absolute atomic E-state index is 13.8. The summed E-state index contributed by atoms with van der Waals surface area (Å²) < 4.78 is 4.36. The van der Waals surface area contributed by atoms with E-state index in [0.29, 0.717) is 22.4 Å². The summed E-state index contributed by atoms with van der Waals surface area (Å²) in [5, 5.41) is 3.64. The zero-order valence-corrected chi connectivity index (χ0v) is 20.1. The predicted molar refractivity (Wildman–Crippen MR) is 140 cm³/mol. The van der Waals surface area contributed by atoms with Gasteiger partial charge in [0.05, 0.1) is 16.7 Å². The Balaban J connectivity index is 1.79. The Morgan fingerprint density at radius 2 is 1.51 bits per heavy atom. The summed E-state index contributed by atoms with van der Waals surface area (Å²) in [6, 6.07) is 20.5. The summed E-state index contributed by atoms with van der Waals surface area (Å²) in [6.07, 6.45) is 0. The van der Waals surface area contributed by atoms with E-state index < -0.39 is 11.2 Å². The van der Waals surface area contributed by atoms with Crippen molar-refractivity contribution < 1.29 is 4.79 Å². The average molecular weight is 467 g/mol. The van der Waals surface area contributed by atoms with Gasteiger partial charge < -0.3 is 9.88 Å². The van der Waals surface area contributed by atoms with E-state index in [4.69, 9.17) is 0 Å². The topological polar surface area (TPSA) is 78.0 Å². The Bertz CT molecular complexity index is 1750. The lowest BCUT2D eigenvalue weighted by atomic mass is 10.1. The number of hydrogen-bond acceptors (Lipinski definition) is 3. The van der Waals surface area contributed by atoms with E-state index >= 15 is 0 Å². The molecule has 0 atom stereocenters. The summed E-state index contributed by atoms with van der Waals surface area (Å²) >= 11 is 0. The number of nitrogens with one attached hydrogen (secondary N) is 1. The van der Waals surface area contributed by atoms with Gasteiger partial charge >= 0.3 is 5.69 Å². The number of aryl methyl sites for hydroxylation is 4. The molecule has 7 nitrogen and oxygen atoms in total. The van der Waals surface area contributed by atoms with Crippen LogP contribution in [0.1, 0.15) is 16.7 Å². The highest BCUT2D eigenvalue weighted by atomic mass is 16.2. The second-order valence-corrected chi connectivity index (χ2v) is 9.04. The molecule has 5 rings (SSSR count). The third kappa shape index (κ3) is 3.85. The molecule has 0 radical (unpaired) electrons. The van der Waals surface area contributed by atoms with Gasteiger partial charge in [-0.3, -0.25) is 14.2 Å². The van der Waals surface area contributed by atoms with E-state index in [1.165, 1.54) is 4.57 Å². The number of benzene rings is 3. The van der Waals surface area contributed by atoms with E-state index in [0.717, 1.165) is 32.2 Å². The van der Waals surface area contributed by atoms with Crippen molar-refractivity contribution in [2.24, 2.45) is 7.05 Å². The van der Waals surface area contributed by atoms with Crippen LogP contribution in [0.2, 0.25) is 0 Å². The largest absolute Gasteiger partial charge is 0.338 e. The second-order valence-electron chi connectivity index (χ2n) is 9.04. The summed E-state index contributed by atoms with van der Waals surface area (Å²) in [7, 11) is 1.81. The van der Waals surface area contributed by atoms with Crippen LogP contribution < -0.4 is 16.6 Å². The standard InChI is InChI=1S/C28H26N4O3/c1-17-7-5-9-20(13-17)29-24(33)16-31-25-22-15-19(3)11-12-23(22)30(4)26(25)27(34)32(28(31)35)21-10-6-8-18(2)14-21/h5-15H,16H2,1-4H3,(H,29,33). The third-order valence-electron chi connectivity index (χ3n) is 6.29. The number of nitrogens with zero attached hydrogens (tertiary/aromatic N) is 3. The van der Waals surface area contributed by atoms with Gasteiger partial charge in [0.1, 0.15) is 12.1 Å². The van der Waals surface area contributed by atoms with E-state index in [9.17, 15) is 14.4 Å². The molecular weight excluding hydrogens is 440 g/mol. The van der Waals surface area contributed by atoms with Crippen LogP contribution in [0.15, 0.2) is 76.3 Å². The van der Waals surface area contributed by atoms with Crippen molar-refractivity contribution in [3.8, 4) is 5.69 Å². The Morgan fingerprint density at radius 3 is 2.23 bits per heavy atom. The fourth-order valence-corrected chi connectivity index (χ4v) is 4.67. The van der Waals surface area contributed by atoms with Crippen LogP contribution >= 0.6 is 0 Å². The average Bonchev–Trinajstić information content (AvgIpc) is 3.08. The number of carbonyl (C=O) groups is 1. The van der Waals surface area contributed by atoms with Gasteiger partial charge in [0.2, 0.25) is 5.91 Å². The van der Waals surface area contributed by atoms with Crippen molar-refractivity contribution >= 4 is 33.5 Å². The van der Waals surface area contributed by atoms with Crippen LogP contribution in [0.4, 0.5) is 5.69 Å². The van der Waals surface area contributed by atoms with Crippen LogP contribution in [-0.2, 0) is 18.4 Å². The fraction of sp³-hybridized carbons (Fsp3) is 0.179. The molecular formula is C28H26N4O3. The van der Waals surface area contributed by atoms with Gasteiger partial charge in [0.15, 0.2) is 0 Å². The Hall–Kier alpha value is -4.39. The quantitative estimate of drug-likeness (QED) is 0.431. The highest BCUT2D eigenvalue weighted by Gasteiger charge is 2.22. The first kappa shape index (κ1) is 22.4. The molecule has 0 unspecified atom stereocenters. The number of aromatic nitrogens is 3. The lowest BCUT2D eigenvalue weighted by Gasteiger charge is -2.14. The van der Waals surface area contributed by atoms with Crippen LogP contribution in [0.3, 0.4) is 0 Å². The normalized spacial score (nSPS) is 11.3. The van der Waals surface area contributed by atoms with Gasteiger partial charge in [0, 0.05) is 18.1 Å². The van der Waals surface area contributed by atoms with Crippen LogP contribution in [0.5, 0.6) is 0 Å². The number of anilines is 1. The highest BCUT2D eigenvalue weighted by molar-refractivity contribution is 6.06. The number of carbonyl (C=O) groups excluding carboxylic acids is 1. The molecule has 1 amide bonds. The molecule has 0 aliphatic heterocycles. The Kier molecular flexibility index (Phi) is 5.40. The Morgan fingerprint density at radius 1 is 0.829 bits per heavy atom. The van der Waals surface area contributed by atoms with Gasteiger partial charge in [-0.1, -0.05) is 35.9 Å². The van der Waals surface area contributed by atoms with E-state index in [-0.39, 0.29) is 12.5 Å². The minimum Gasteiger partial charge on any atom is -0.338 e. The van der Waals surface area contributed by atoms with Crippen molar-refractivity contribution in [2.45, 2.75) is 27.3 Å². The molecule has 0 saturated carbocycles. The van der Waals surface area contributed by atoms with Crippen molar-refractivity contribution in [1.29, 1.82) is 0 Å². The van der Waals surface area contributed by atoms with Crippen LogP contribution in [-0.4, -0.2) is 19.6 Å². The van der Waals surface area contributed by atoms with Crippen LogP contribution in [0, 0.1) is 20.8 Å². The monoisotopic (exact) mass is 466 g/mol.